The molecular weight excluding hydrogens is 1820 g/mol. The van der Waals surface area contributed by atoms with Crippen molar-refractivity contribution in [2.45, 2.75) is 126 Å². The molecule has 146 heavy (non-hydrogen) atoms. The monoisotopic (exact) mass is 1940 g/mol. The van der Waals surface area contributed by atoms with Gasteiger partial charge in [-0.2, -0.15) is 47.0 Å². The van der Waals surface area contributed by atoms with E-state index in [9.17, 15) is 51.7 Å². The molecule has 0 saturated heterocycles. The van der Waals surface area contributed by atoms with Crippen LogP contribution >= 0.6 is 0 Å². The van der Waals surface area contributed by atoms with Crippen LogP contribution in [0.25, 0.3) is 24.3 Å². The number of ether oxygens (including phenoxy) is 6. The van der Waals surface area contributed by atoms with Gasteiger partial charge in [-0.15, -0.1) is 0 Å². The fourth-order valence-corrected chi connectivity index (χ4v) is 18.7. The minimum atomic E-state index is -0.895. The van der Waals surface area contributed by atoms with Crippen LogP contribution in [0.3, 0.4) is 0 Å². The van der Waals surface area contributed by atoms with Gasteiger partial charge in [0.05, 0.1) is 43.9 Å². The second-order valence-corrected chi connectivity index (χ2v) is 40.6. The molecule has 22 heteroatoms. The lowest BCUT2D eigenvalue weighted by molar-refractivity contribution is -0.202. The van der Waals surface area contributed by atoms with Crippen molar-refractivity contribution in [1.29, 1.82) is 42.1 Å². The van der Waals surface area contributed by atoms with E-state index in [1.807, 2.05) is 229 Å². The molecule has 0 saturated carbocycles. The molecule has 0 N–H and O–H groups in total. The van der Waals surface area contributed by atoms with Gasteiger partial charge in [0.1, 0.15) is 132 Å². The first-order chi connectivity index (χ1) is 70.1. The number of rotatable bonds is 38. The number of esters is 2. The molecule has 4 aliphatic carbocycles. The molecule has 0 spiro atoms. The highest BCUT2D eigenvalue weighted by Crippen LogP contribution is 2.47. The zero-order valence-corrected chi connectivity index (χ0v) is 85.5. The molecule has 0 heterocycles. The van der Waals surface area contributed by atoms with Gasteiger partial charge in [-0.3, -0.25) is 0 Å². The van der Waals surface area contributed by atoms with Crippen LogP contribution in [0.1, 0.15) is 180 Å². The average molecular weight is 1940 g/mol. The van der Waals surface area contributed by atoms with Gasteiger partial charge in [0.15, 0.2) is 5.75 Å². The highest BCUT2D eigenvalue weighted by molar-refractivity contribution is 5.93. The van der Waals surface area contributed by atoms with Gasteiger partial charge in [-0.1, -0.05) is 213 Å². The standard InChI is InChI=1S/C124H122N12O10/c1-15-143-146-113-50-36-106(37-51-113)124(10,104-32-46-111(47-33-104)144-118(137)94-64-114(139-56-52-133(11)107-38-24-86(25-39-107)16-20-90-60-96(100(78-125)79-126)74-120(2,3)70-90)68-115(65-94)140-57-53-134(12)108-40-26-87(27-41-108)17-21-91-61-97(101(80-127)81-128)75-121(4,5)71-91)105-34-48-112(49-35-105)145-119(138)95-66-116(141-58-54-135(13)109-42-28-88(29-43-109)18-22-92-62-98(102(82-129)83-130)76-122(6,7)72-92)69-117(67-95)142-59-55-136(14)110-44-30-89(31-45-110)19-23-93-63-99(103(84-131)85-132)77-123(8,9)73-93/h16-51,60-69H,15,52-59,70-77H2,1-14H3/b20-16+,21-17+,22-18+,23-19+. The molecule has 4 aliphatic rings. The lowest BCUT2D eigenvalue weighted by atomic mass is 9.71. The fourth-order valence-electron chi connectivity index (χ4n) is 18.7. The van der Waals surface area contributed by atoms with E-state index < -0.39 is 17.4 Å². The molecule has 0 fully saturated rings. The van der Waals surface area contributed by atoms with E-state index in [-0.39, 0.29) is 93.0 Å². The van der Waals surface area contributed by atoms with Crippen molar-refractivity contribution in [3.63, 3.8) is 0 Å². The van der Waals surface area contributed by atoms with Crippen molar-refractivity contribution >= 4 is 59.0 Å². The summed E-state index contributed by atoms with van der Waals surface area (Å²) in [6.07, 6.45) is 30.1. The van der Waals surface area contributed by atoms with Gasteiger partial charge in [0.25, 0.3) is 0 Å². The Kier molecular flexibility index (Phi) is 35.3. The molecule has 13 rings (SSSR count). The maximum absolute atomic E-state index is 14.7. The van der Waals surface area contributed by atoms with Crippen LogP contribution in [0.5, 0.6) is 40.2 Å². The van der Waals surface area contributed by atoms with Crippen LogP contribution in [-0.2, 0) is 10.3 Å². The first-order valence-electron chi connectivity index (χ1n) is 48.9. The zero-order chi connectivity index (χ0) is 104. The SMILES string of the molecule is CCOOc1ccc(C(C)(c2ccc(OC(=O)c3cc(OCCN(C)c4ccc(/C=C/C5=CC(=C(C#N)C#N)CC(C)(C)C5)cc4)cc(OCCN(C)c4ccc(/C=C/C5=CC(=C(C#N)C#N)CC(C)(C)C5)cc4)c3)cc2)c2ccc(OC(=O)c3cc(OCCN(C)c4ccc(/C=C/C5=CC(=C(C#N)C#N)CC(C)(C)C5)cc4)cc(OCCN(C)c4ccc(/C=C/C5=CC(=C(C#N)C#N)CC(C)(C)C5)cc4)c3)cc2)cc1. The number of carbonyl (C=O) groups is 2. The number of benzene rings is 9. The molecule has 0 radical (unpaired) electrons. The second kappa shape index (κ2) is 48.6. The van der Waals surface area contributed by atoms with Gasteiger partial charge in [-0.05, 0) is 280 Å². The predicted octanol–water partition coefficient (Wildman–Crippen LogP) is 26.3. The van der Waals surface area contributed by atoms with Crippen molar-refractivity contribution in [3.05, 3.63) is 372 Å². The molecule has 0 atom stereocenters. The maximum Gasteiger partial charge on any atom is 0.343 e. The minimum absolute atomic E-state index is 0.109. The number of carbonyl (C=O) groups excluding carboxylic acids is 2. The van der Waals surface area contributed by atoms with Gasteiger partial charge in [-0.25, -0.2) is 9.59 Å². The summed E-state index contributed by atoms with van der Waals surface area (Å²) in [4.78, 5) is 48.7. The van der Waals surface area contributed by atoms with Crippen LogP contribution < -0.4 is 52.9 Å². The molecule has 0 amide bonds. The Morgan fingerprint density at radius 2 is 0.534 bits per heavy atom. The third-order valence-corrected chi connectivity index (χ3v) is 26.3. The molecular formula is C124H122N12O10. The fraction of sp³-hybridized carbons (Fsp3) is 0.290. The van der Waals surface area contributed by atoms with E-state index in [2.05, 4.69) is 155 Å². The minimum Gasteiger partial charge on any atom is -0.492 e. The van der Waals surface area contributed by atoms with Gasteiger partial charge in [0, 0.05) is 68.5 Å². The van der Waals surface area contributed by atoms with Crippen LogP contribution in [0.2, 0.25) is 0 Å². The molecule has 22 nitrogen and oxygen atoms in total. The smallest absolute Gasteiger partial charge is 0.343 e. The van der Waals surface area contributed by atoms with Crippen molar-refractivity contribution in [2.24, 2.45) is 21.7 Å². The third kappa shape index (κ3) is 29.1. The Labute approximate surface area is 858 Å². The van der Waals surface area contributed by atoms with Crippen molar-refractivity contribution in [3.8, 4) is 88.8 Å². The van der Waals surface area contributed by atoms with Crippen molar-refractivity contribution in [1.82, 2.24) is 0 Å². The number of nitrogens with zero attached hydrogens (tertiary/aromatic N) is 12. The summed E-state index contributed by atoms with van der Waals surface area (Å²) >= 11 is 0. The molecule has 0 aromatic heterocycles. The molecule has 9 aromatic carbocycles. The Morgan fingerprint density at radius 3 is 0.753 bits per heavy atom. The van der Waals surface area contributed by atoms with Crippen LogP contribution in [-0.4, -0.2) is 99.3 Å². The predicted molar refractivity (Wildman–Crippen MR) is 574 cm³/mol. The van der Waals surface area contributed by atoms with Gasteiger partial charge >= 0.3 is 11.9 Å². The van der Waals surface area contributed by atoms with Gasteiger partial charge in [0.2, 0.25) is 0 Å². The molecule has 0 aliphatic heterocycles. The molecule has 9 aromatic rings. The quantitative estimate of drug-likeness (QED) is 0.00866. The normalized spacial score (nSPS) is 14.9. The Hall–Kier alpha value is -17.1. The number of anilines is 4. The highest BCUT2D eigenvalue weighted by Gasteiger charge is 2.35. The Morgan fingerprint density at radius 1 is 0.308 bits per heavy atom. The molecule has 0 bridgehead atoms. The van der Waals surface area contributed by atoms with E-state index in [0.29, 0.717) is 87.2 Å². The van der Waals surface area contributed by atoms with Crippen molar-refractivity contribution < 1.29 is 47.8 Å². The number of allylic oxidation sites excluding steroid dienone is 20. The number of likely N-dealkylation sites (N-methyl/N-ethyl adjacent to an activating group) is 4. The first kappa shape index (κ1) is 106. The molecule has 738 valence electrons. The Balaban J connectivity index is 0.711. The number of hydrogen-bond acceptors (Lipinski definition) is 22. The number of hydrogen-bond donors (Lipinski definition) is 0. The van der Waals surface area contributed by atoms with E-state index in [1.165, 1.54) is 0 Å². The summed E-state index contributed by atoms with van der Waals surface area (Å²) in [5.41, 5.74) is 17.1. The summed E-state index contributed by atoms with van der Waals surface area (Å²) in [5, 5.41) is 77.2. The van der Waals surface area contributed by atoms with Crippen LogP contribution in [0.15, 0.2) is 322 Å². The largest absolute Gasteiger partial charge is 0.492 e. The lowest BCUT2D eigenvalue weighted by Gasteiger charge is -2.32. The van der Waals surface area contributed by atoms with Crippen LogP contribution in [0.4, 0.5) is 22.7 Å². The van der Waals surface area contributed by atoms with E-state index in [1.54, 1.807) is 60.7 Å². The van der Waals surface area contributed by atoms with E-state index in [4.69, 9.17) is 38.2 Å². The summed E-state index contributed by atoms with van der Waals surface area (Å²) in [5.74, 6) is 1.29. The maximum atomic E-state index is 14.7. The van der Waals surface area contributed by atoms with Crippen LogP contribution in [0, 0.1) is 112 Å². The van der Waals surface area contributed by atoms with E-state index >= 15 is 0 Å². The summed E-state index contributed by atoms with van der Waals surface area (Å²) in [6.45, 7) is 24.3. The number of nitriles is 8. The van der Waals surface area contributed by atoms with Crippen molar-refractivity contribution in [2.75, 3.05) is 107 Å². The zero-order valence-electron chi connectivity index (χ0n) is 85.5. The third-order valence-electron chi connectivity index (χ3n) is 26.3. The second-order valence-electron chi connectivity index (χ2n) is 40.6. The summed E-state index contributed by atoms with van der Waals surface area (Å²) in [6, 6.07) is 81.5. The molecule has 0 unspecified atom stereocenters. The summed E-state index contributed by atoms with van der Waals surface area (Å²) < 4.78 is 38.4. The van der Waals surface area contributed by atoms with Gasteiger partial charge < -0.3 is 52.9 Å². The average Bonchev–Trinajstić information content (AvgIpc) is 0.759. The summed E-state index contributed by atoms with van der Waals surface area (Å²) in [7, 11) is 7.92. The van der Waals surface area contributed by atoms with E-state index in [0.717, 1.165) is 132 Å². The highest BCUT2D eigenvalue weighted by atomic mass is 17.2. The Bertz CT molecular complexity index is 6300. The first-order valence-corrected chi connectivity index (χ1v) is 48.9. The topological polar surface area (TPSA) is 311 Å². The lowest BCUT2D eigenvalue weighted by Crippen LogP contribution is -2.25.